The third kappa shape index (κ3) is 9.41. The topological polar surface area (TPSA) is 126 Å². The van der Waals surface area contributed by atoms with Crippen molar-refractivity contribution in [2.24, 2.45) is 0 Å². The fourth-order valence-corrected chi connectivity index (χ4v) is 4.01. The molecule has 2 aromatic rings. The Kier molecular flexibility index (Phi) is 13.2. The number of carbonyl (C=O) groups is 4. The van der Waals surface area contributed by atoms with Gasteiger partial charge in [0.25, 0.3) is 0 Å². The average Bonchev–Trinajstić information content (AvgIpc) is 2.88. The average molecular weight is 659 g/mol. The molecule has 0 saturated carbocycles. The van der Waals surface area contributed by atoms with Crippen LogP contribution in [0.4, 0.5) is 0 Å². The van der Waals surface area contributed by atoms with Crippen LogP contribution in [0.2, 0.25) is 0 Å². The standard InChI is InChI=1S/C26H29Br2NO9/c1-4-34-22(31)14-29-13-16-11-18(27)7-9-20(16)37-23(25(32)35-5-2)24(26(33)36-6-3)38-21-10-8-19(28)12-17(21)15-30/h7-12,15,23-24,29H,4-6,13-14H2,1-3H3. The Morgan fingerprint density at radius 3 is 1.89 bits per heavy atom. The molecule has 12 heteroatoms. The molecule has 38 heavy (non-hydrogen) atoms. The molecule has 0 aliphatic carbocycles. The van der Waals surface area contributed by atoms with E-state index in [2.05, 4.69) is 37.2 Å². The van der Waals surface area contributed by atoms with E-state index in [1.54, 1.807) is 45.0 Å². The lowest BCUT2D eigenvalue weighted by atomic mass is 10.1. The zero-order valence-corrected chi connectivity index (χ0v) is 24.3. The van der Waals surface area contributed by atoms with Gasteiger partial charge in [-0.25, -0.2) is 9.59 Å². The zero-order valence-electron chi connectivity index (χ0n) is 21.2. The molecule has 2 unspecified atom stereocenters. The van der Waals surface area contributed by atoms with E-state index in [0.29, 0.717) is 20.8 Å². The number of hydrogen-bond donors (Lipinski definition) is 1. The highest BCUT2D eigenvalue weighted by Crippen LogP contribution is 2.28. The molecule has 0 aliphatic rings. The van der Waals surface area contributed by atoms with Gasteiger partial charge in [0, 0.05) is 21.1 Å². The molecular formula is C26H29Br2NO9. The largest absolute Gasteiger partial charge is 0.474 e. The van der Waals surface area contributed by atoms with Crippen LogP contribution in [0.1, 0.15) is 36.7 Å². The summed E-state index contributed by atoms with van der Waals surface area (Å²) in [7, 11) is 0. The monoisotopic (exact) mass is 657 g/mol. The molecule has 0 aliphatic heterocycles. The number of ether oxygens (including phenoxy) is 5. The lowest BCUT2D eigenvalue weighted by Crippen LogP contribution is -2.49. The predicted octanol–water partition coefficient (Wildman–Crippen LogP) is 4.00. The number of rotatable bonds is 15. The molecule has 0 bridgehead atoms. The van der Waals surface area contributed by atoms with E-state index in [-0.39, 0.29) is 50.0 Å². The van der Waals surface area contributed by atoms with Gasteiger partial charge in [-0.2, -0.15) is 0 Å². The van der Waals surface area contributed by atoms with Crippen LogP contribution in [0.5, 0.6) is 11.5 Å². The van der Waals surface area contributed by atoms with E-state index in [9.17, 15) is 19.2 Å². The predicted molar refractivity (Wildman–Crippen MR) is 144 cm³/mol. The quantitative estimate of drug-likeness (QED) is 0.170. The Morgan fingerprint density at radius 1 is 0.816 bits per heavy atom. The maximum absolute atomic E-state index is 13.1. The van der Waals surface area contributed by atoms with Gasteiger partial charge in [0.2, 0.25) is 12.2 Å². The van der Waals surface area contributed by atoms with Gasteiger partial charge < -0.3 is 29.0 Å². The van der Waals surface area contributed by atoms with Crippen LogP contribution in [0.25, 0.3) is 0 Å². The van der Waals surface area contributed by atoms with Crippen LogP contribution >= 0.6 is 31.9 Å². The van der Waals surface area contributed by atoms with Crippen LogP contribution in [-0.2, 0) is 35.1 Å². The molecule has 0 radical (unpaired) electrons. The fraction of sp³-hybridized carbons (Fsp3) is 0.385. The Labute approximate surface area is 237 Å². The molecule has 0 saturated heterocycles. The first kappa shape index (κ1) is 31.3. The van der Waals surface area contributed by atoms with Gasteiger partial charge in [0.1, 0.15) is 11.5 Å². The van der Waals surface area contributed by atoms with Gasteiger partial charge in [0.05, 0.1) is 31.9 Å². The Hall–Kier alpha value is -2.96. The van der Waals surface area contributed by atoms with Crippen LogP contribution in [0, 0.1) is 0 Å². The number of carbonyl (C=O) groups excluding carboxylic acids is 4. The van der Waals surface area contributed by atoms with E-state index < -0.39 is 30.1 Å². The van der Waals surface area contributed by atoms with Gasteiger partial charge in [-0.1, -0.05) is 31.9 Å². The van der Waals surface area contributed by atoms with Crippen molar-refractivity contribution >= 4 is 56.1 Å². The van der Waals surface area contributed by atoms with Gasteiger partial charge in [-0.15, -0.1) is 0 Å². The molecule has 206 valence electrons. The summed E-state index contributed by atoms with van der Waals surface area (Å²) in [5, 5.41) is 2.96. The summed E-state index contributed by atoms with van der Waals surface area (Å²) in [4.78, 5) is 49.4. The molecule has 2 rings (SSSR count). The minimum atomic E-state index is -1.61. The molecule has 2 aromatic carbocycles. The summed E-state index contributed by atoms with van der Waals surface area (Å²) in [6.07, 6.45) is -2.65. The highest BCUT2D eigenvalue weighted by Gasteiger charge is 2.41. The number of nitrogens with one attached hydrogen (secondary N) is 1. The lowest BCUT2D eigenvalue weighted by molar-refractivity contribution is -0.168. The molecular weight excluding hydrogens is 630 g/mol. The van der Waals surface area contributed by atoms with Gasteiger partial charge >= 0.3 is 17.9 Å². The summed E-state index contributed by atoms with van der Waals surface area (Å²) in [6.45, 7) is 5.33. The maximum Gasteiger partial charge on any atom is 0.351 e. The summed E-state index contributed by atoms with van der Waals surface area (Å²) in [6, 6.07) is 9.61. The molecule has 2 atom stereocenters. The van der Waals surface area contributed by atoms with Crippen molar-refractivity contribution in [3.8, 4) is 11.5 Å². The normalized spacial score (nSPS) is 12.1. The minimum absolute atomic E-state index is 0.0103. The Balaban J connectivity index is 2.44. The summed E-state index contributed by atoms with van der Waals surface area (Å²) < 4.78 is 28.5. The van der Waals surface area contributed by atoms with E-state index >= 15 is 0 Å². The number of halogens is 2. The molecule has 0 amide bonds. The third-order valence-corrected chi connectivity index (χ3v) is 5.82. The van der Waals surface area contributed by atoms with Gasteiger partial charge in [0.15, 0.2) is 6.29 Å². The van der Waals surface area contributed by atoms with E-state index in [1.807, 2.05) is 0 Å². The fourth-order valence-electron chi connectivity index (χ4n) is 3.22. The zero-order chi connectivity index (χ0) is 28.1. The van der Waals surface area contributed by atoms with Crippen molar-refractivity contribution in [3.63, 3.8) is 0 Å². The maximum atomic E-state index is 13.1. The van der Waals surface area contributed by atoms with Crippen LogP contribution in [0.15, 0.2) is 45.3 Å². The first-order valence-corrected chi connectivity index (χ1v) is 13.4. The molecule has 0 heterocycles. The number of aldehydes is 1. The first-order valence-electron chi connectivity index (χ1n) is 11.8. The van der Waals surface area contributed by atoms with Crippen molar-refractivity contribution in [3.05, 3.63) is 56.5 Å². The van der Waals surface area contributed by atoms with E-state index in [0.717, 1.165) is 0 Å². The van der Waals surface area contributed by atoms with Crippen molar-refractivity contribution in [2.75, 3.05) is 26.4 Å². The molecule has 10 nitrogen and oxygen atoms in total. The van der Waals surface area contributed by atoms with Crippen molar-refractivity contribution in [1.82, 2.24) is 5.32 Å². The number of hydrogen-bond acceptors (Lipinski definition) is 10. The SMILES string of the molecule is CCOC(=O)CNCc1cc(Br)ccc1OC(C(=O)OCC)C(Oc1ccc(Br)cc1C=O)C(=O)OCC. The Morgan fingerprint density at radius 2 is 1.34 bits per heavy atom. The molecule has 0 fully saturated rings. The van der Waals surface area contributed by atoms with Crippen LogP contribution in [0.3, 0.4) is 0 Å². The van der Waals surface area contributed by atoms with Crippen LogP contribution < -0.4 is 14.8 Å². The second-order valence-corrected chi connectivity index (χ2v) is 9.37. The van der Waals surface area contributed by atoms with Crippen molar-refractivity contribution < 1.29 is 42.9 Å². The molecule has 0 spiro atoms. The summed E-state index contributed by atoms with van der Waals surface area (Å²) >= 11 is 6.68. The van der Waals surface area contributed by atoms with Crippen LogP contribution in [-0.4, -0.2) is 62.8 Å². The summed E-state index contributed by atoms with van der Waals surface area (Å²) in [5.41, 5.74) is 0.710. The van der Waals surface area contributed by atoms with E-state index in [4.69, 9.17) is 23.7 Å². The lowest BCUT2D eigenvalue weighted by Gasteiger charge is -2.27. The second-order valence-electron chi connectivity index (χ2n) is 7.54. The van der Waals surface area contributed by atoms with Gasteiger partial charge in [-0.3, -0.25) is 9.59 Å². The second kappa shape index (κ2) is 16.1. The number of benzene rings is 2. The number of esters is 3. The first-order chi connectivity index (χ1) is 18.2. The third-order valence-electron chi connectivity index (χ3n) is 4.83. The highest BCUT2D eigenvalue weighted by molar-refractivity contribution is 9.10. The van der Waals surface area contributed by atoms with Crippen molar-refractivity contribution in [2.45, 2.75) is 39.5 Å². The van der Waals surface area contributed by atoms with Crippen molar-refractivity contribution in [1.29, 1.82) is 0 Å². The summed E-state index contributed by atoms with van der Waals surface area (Å²) in [5.74, 6) is -1.91. The molecule has 1 N–H and O–H groups in total. The smallest absolute Gasteiger partial charge is 0.351 e. The van der Waals surface area contributed by atoms with E-state index in [1.165, 1.54) is 12.1 Å². The van der Waals surface area contributed by atoms with Gasteiger partial charge in [-0.05, 0) is 57.2 Å². The Bertz CT molecular complexity index is 1130. The molecule has 0 aromatic heterocycles. The highest BCUT2D eigenvalue weighted by atomic mass is 79.9. The minimum Gasteiger partial charge on any atom is -0.474 e.